The SMILES string of the molecule is COc1cc(C)c(S(=O)(=O)N(C)CCSCC(=O)N(C)Cc2ccc3c(c2)CCN(C)CC3)c(C)c1. The maximum absolute atomic E-state index is 13.2. The van der Waals surface area contributed by atoms with Gasteiger partial charge in [-0.3, -0.25) is 4.79 Å². The average Bonchev–Trinajstić information content (AvgIpc) is 3.01. The zero-order chi connectivity index (χ0) is 26.5. The van der Waals surface area contributed by atoms with Crippen LogP contribution in [0.1, 0.15) is 27.8 Å². The minimum Gasteiger partial charge on any atom is -0.497 e. The summed E-state index contributed by atoms with van der Waals surface area (Å²) in [6, 6.07) is 10.1. The fourth-order valence-electron chi connectivity index (χ4n) is 4.52. The summed E-state index contributed by atoms with van der Waals surface area (Å²) in [5, 5.41) is 0. The number of sulfonamides is 1. The van der Waals surface area contributed by atoms with Crippen molar-refractivity contribution in [3.8, 4) is 5.75 Å². The Morgan fingerprint density at radius 3 is 2.33 bits per heavy atom. The number of nitrogens with zero attached hydrogens (tertiary/aromatic N) is 3. The topological polar surface area (TPSA) is 70.2 Å². The summed E-state index contributed by atoms with van der Waals surface area (Å²) in [5.41, 5.74) is 5.27. The van der Waals surface area contributed by atoms with Crippen LogP contribution in [0.4, 0.5) is 0 Å². The number of likely N-dealkylation sites (N-methyl/N-ethyl adjacent to an activating group) is 1. The monoisotopic (exact) mass is 533 g/mol. The van der Waals surface area contributed by atoms with E-state index in [1.54, 1.807) is 45.0 Å². The normalized spacial score (nSPS) is 14.4. The molecular weight excluding hydrogens is 494 g/mol. The van der Waals surface area contributed by atoms with Crippen molar-refractivity contribution >= 4 is 27.7 Å². The van der Waals surface area contributed by atoms with Gasteiger partial charge in [0.1, 0.15) is 5.75 Å². The van der Waals surface area contributed by atoms with E-state index in [-0.39, 0.29) is 5.91 Å². The van der Waals surface area contributed by atoms with E-state index >= 15 is 0 Å². The van der Waals surface area contributed by atoms with Crippen molar-refractivity contribution < 1.29 is 17.9 Å². The molecule has 1 aliphatic heterocycles. The summed E-state index contributed by atoms with van der Waals surface area (Å²) >= 11 is 1.46. The first-order valence-electron chi connectivity index (χ1n) is 12.3. The van der Waals surface area contributed by atoms with Gasteiger partial charge < -0.3 is 14.5 Å². The fraction of sp³-hybridized carbons (Fsp3) is 0.519. The molecule has 0 N–H and O–H groups in total. The molecule has 1 amide bonds. The summed E-state index contributed by atoms with van der Waals surface area (Å²) < 4.78 is 32.9. The molecule has 7 nitrogen and oxygen atoms in total. The van der Waals surface area contributed by atoms with E-state index in [1.807, 2.05) is 7.05 Å². The first-order chi connectivity index (χ1) is 17.0. The number of hydrogen-bond donors (Lipinski definition) is 0. The van der Waals surface area contributed by atoms with Crippen molar-refractivity contribution in [3.05, 3.63) is 58.1 Å². The van der Waals surface area contributed by atoms with E-state index in [2.05, 4.69) is 30.1 Å². The van der Waals surface area contributed by atoms with Gasteiger partial charge >= 0.3 is 0 Å². The molecule has 0 fully saturated rings. The van der Waals surface area contributed by atoms with Gasteiger partial charge in [0.25, 0.3) is 0 Å². The number of amides is 1. The van der Waals surface area contributed by atoms with Crippen molar-refractivity contribution in [2.75, 3.05) is 59.4 Å². The molecule has 9 heteroatoms. The second kappa shape index (κ2) is 12.4. The Bertz CT molecular complexity index is 1160. The molecule has 0 atom stereocenters. The van der Waals surface area contributed by atoms with E-state index in [4.69, 9.17) is 4.74 Å². The molecule has 198 valence electrons. The van der Waals surface area contributed by atoms with E-state index in [1.165, 1.54) is 27.2 Å². The molecule has 0 aliphatic carbocycles. The highest BCUT2D eigenvalue weighted by molar-refractivity contribution is 8.00. The van der Waals surface area contributed by atoms with E-state index in [0.717, 1.165) is 31.5 Å². The number of fused-ring (bicyclic) bond motifs is 1. The van der Waals surface area contributed by atoms with Gasteiger partial charge in [0.05, 0.1) is 17.8 Å². The Morgan fingerprint density at radius 1 is 1.06 bits per heavy atom. The van der Waals surface area contributed by atoms with Gasteiger partial charge in [-0.1, -0.05) is 18.2 Å². The van der Waals surface area contributed by atoms with Crippen LogP contribution in [-0.2, 0) is 34.2 Å². The highest BCUT2D eigenvalue weighted by Crippen LogP contribution is 2.28. The third-order valence-electron chi connectivity index (χ3n) is 6.76. The van der Waals surface area contributed by atoms with Gasteiger partial charge in [-0.15, -0.1) is 0 Å². The molecular formula is C27H39N3O4S2. The second-order valence-corrected chi connectivity index (χ2v) is 12.7. The summed E-state index contributed by atoms with van der Waals surface area (Å²) in [5.74, 6) is 1.54. The molecule has 0 saturated heterocycles. The van der Waals surface area contributed by atoms with Gasteiger partial charge in [-0.05, 0) is 73.7 Å². The molecule has 0 radical (unpaired) electrons. The Kier molecular flexibility index (Phi) is 9.86. The Balaban J connectivity index is 1.49. The largest absolute Gasteiger partial charge is 0.497 e. The second-order valence-electron chi connectivity index (χ2n) is 9.63. The first-order valence-corrected chi connectivity index (χ1v) is 14.8. The molecule has 2 aromatic carbocycles. The Hall–Kier alpha value is -2.07. The highest BCUT2D eigenvalue weighted by Gasteiger charge is 2.25. The van der Waals surface area contributed by atoms with Gasteiger partial charge in [0.15, 0.2) is 0 Å². The number of methoxy groups -OCH3 is 1. The standard InChI is InChI=1S/C27H39N3O4S2/c1-20-15-25(34-6)16-21(2)27(20)36(32,33)30(5)13-14-35-19-26(31)29(4)18-22-7-8-23-9-11-28(3)12-10-24(23)17-22/h7-8,15-17H,9-14,18-19H2,1-6H3. The number of benzene rings is 2. The number of ether oxygens (including phenoxy) is 1. The third-order valence-corrected chi connectivity index (χ3v) is 9.84. The van der Waals surface area contributed by atoms with Gasteiger partial charge in [0, 0.05) is 46.0 Å². The first kappa shape index (κ1) is 28.5. The molecule has 1 heterocycles. The van der Waals surface area contributed by atoms with Crippen LogP contribution in [0.25, 0.3) is 0 Å². The van der Waals surface area contributed by atoms with Crippen LogP contribution in [0.2, 0.25) is 0 Å². The zero-order valence-electron chi connectivity index (χ0n) is 22.3. The highest BCUT2D eigenvalue weighted by atomic mass is 32.2. The number of hydrogen-bond acceptors (Lipinski definition) is 6. The maximum Gasteiger partial charge on any atom is 0.243 e. The quantitative estimate of drug-likeness (QED) is 0.437. The van der Waals surface area contributed by atoms with Gasteiger partial charge in [0.2, 0.25) is 15.9 Å². The average molecular weight is 534 g/mol. The molecule has 0 bridgehead atoms. The third kappa shape index (κ3) is 7.03. The predicted molar refractivity (Wildman–Crippen MR) is 147 cm³/mol. The molecule has 0 unspecified atom stereocenters. The van der Waals surface area contributed by atoms with Crippen molar-refractivity contribution in [1.82, 2.24) is 14.1 Å². The summed E-state index contributed by atoms with van der Waals surface area (Å²) in [6.07, 6.45) is 2.11. The van der Waals surface area contributed by atoms with Crippen LogP contribution in [0.5, 0.6) is 5.75 Å². The zero-order valence-corrected chi connectivity index (χ0v) is 24.0. The van der Waals surface area contributed by atoms with Crippen LogP contribution >= 0.6 is 11.8 Å². The van der Waals surface area contributed by atoms with Crippen molar-refractivity contribution in [2.24, 2.45) is 0 Å². The maximum atomic E-state index is 13.2. The van der Waals surface area contributed by atoms with Crippen LogP contribution in [0, 0.1) is 13.8 Å². The summed E-state index contributed by atoms with van der Waals surface area (Å²) in [4.78, 5) is 17.1. The Labute approximate surface area is 220 Å². The van der Waals surface area contributed by atoms with Gasteiger partial charge in [-0.2, -0.15) is 11.8 Å². The molecule has 0 saturated carbocycles. The smallest absolute Gasteiger partial charge is 0.243 e. The summed E-state index contributed by atoms with van der Waals surface area (Å²) in [6.45, 7) is 6.60. The lowest BCUT2D eigenvalue weighted by atomic mass is 10.00. The molecule has 3 rings (SSSR count). The van der Waals surface area contributed by atoms with Crippen LogP contribution in [-0.4, -0.2) is 87.8 Å². The predicted octanol–water partition coefficient (Wildman–Crippen LogP) is 3.35. The van der Waals surface area contributed by atoms with E-state index < -0.39 is 10.0 Å². The Morgan fingerprint density at radius 2 is 1.69 bits per heavy atom. The van der Waals surface area contributed by atoms with Gasteiger partial charge in [-0.25, -0.2) is 12.7 Å². The number of carbonyl (C=O) groups is 1. The van der Waals surface area contributed by atoms with Crippen molar-refractivity contribution in [2.45, 2.75) is 38.1 Å². The van der Waals surface area contributed by atoms with Crippen molar-refractivity contribution in [3.63, 3.8) is 0 Å². The lowest BCUT2D eigenvalue weighted by Crippen LogP contribution is -2.31. The van der Waals surface area contributed by atoms with Crippen molar-refractivity contribution in [1.29, 1.82) is 0 Å². The lowest BCUT2D eigenvalue weighted by Gasteiger charge is -2.21. The number of aryl methyl sites for hydroxylation is 2. The minimum absolute atomic E-state index is 0.0435. The minimum atomic E-state index is -3.63. The molecule has 0 spiro atoms. The number of thioether (sulfide) groups is 1. The fourth-order valence-corrected chi connectivity index (χ4v) is 7.16. The summed E-state index contributed by atoms with van der Waals surface area (Å²) in [7, 11) is 3.51. The molecule has 36 heavy (non-hydrogen) atoms. The van der Waals surface area contributed by atoms with Crippen LogP contribution < -0.4 is 4.74 Å². The molecule has 0 aromatic heterocycles. The molecule has 2 aromatic rings. The van der Waals surface area contributed by atoms with Crippen LogP contribution in [0.3, 0.4) is 0 Å². The van der Waals surface area contributed by atoms with E-state index in [0.29, 0.717) is 46.4 Å². The van der Waals surface area contributed by atoms with Crippen LogP contribution in [0.15, 0.2) is 35.2 Å². The number of carbonyl (C=O) groups excluding carboxylic acids is 1. The molecule has 1 aliphatic rings. The van der Waals surface area contributed by atoms with E-state index in [9.17, 15) is 13.2 Å². The number of rotatable bonds is 10. The lowest BCUT2D eigenvalue weighted by molar-refractivity contribution is -0.127.